The third kappa shape index (κ3) is 15.4. The van der Waals surface area contributed by atoms with E-state index in [4.69, 9.17) is 30.8 Å². The molecule has 3 amide bonds. The van der Waals surface area contributed by atoms with Gasteiger partial charge in [-0.15, -0.1) is 0 Å². The number of para-hydroxylation sites is 2. The Labute approximate surface area is 493 Å². The normalized spacial score (nSPS) is 13.4. The molecule has 84 heavy (non-hydrogen) atoms. The first kappa shape index (κ1) is 59.3. The molecule has 4 heterocycles. The predicted molar refractivity (Wildman–Crippen MR) is 328 cm³/mol. The number of halogens is 2. The topological polar surface area (TPSA) is 195 Å². The van der Waals surface area contributed by atoms with Gasteiger partial charge < -0.3 is 55.1 Å². The summed E-state index contributed by atoms with van der Waals surface area (Å²) in [6, 6.07) is 41.7. The summed E-state index contributed by atoms with van der Waals surface area (Å²) in [5.74, 6) is 1.49. The summed E-state index contributed by atoms with van der Waals surface area (Å²) in [4.78, 5) is 66.9. The summed E-state index contributed by atoms with van der Waals surface area (Å²) in [7, 11) is 5.25. The largest absolute Gasteiger partial charge is 0.497 e. The molecule has 10 rings (SSSR count). The summed E-state index contributed by atoms with van der Waals surface area (Å²) in [5.41, 5.74) is 7.21. The number of ether oxygens (including phenoxy) is 3. The van der Waals surface area contributed by atoms with E-state index in [0.29, 0.717) is 68.8 Å². The third-order valence-electron chi connectivity index (χ3n) is 14.3. The Morgan fingerprint density at radius 3 is 1.99 bits per heavy atom. The Bertz CT molecular complexity index is 3530. The number of benzene rings is 6. The first-order valence-electron chi connectivity index (χ1n) is 27.5. The van der Waals surface area contributed by atoms with Crippen LogP contribution < -0.4 is 45.3 Å². The first-order chi connectivity index (χ1) is 40.7. The summed E-state index contributed by atoms with van der Waals surface area (Å²) in [5, 5.41) is 12.5. The molecule has 0 unspecified atom stereocenters. The molecule has 2 fully saturated rings. The van der Waals surface area contributed by atoms with Crippen molar-refractivity contribution in [3.05, 3.63) is 185 Å². The standard InChI is InChI=1S/C32H36N6O4.C31H31ClFN7O2/c1-22-7-6-8-23(2)30(22)42-32(39)38(27-14-13-26(40-4)21-28(27)41-5)29-15-16-33-31(35-29)34-24-9-11-25(12-10-24)37-19-17-36(3)18-20-37;1-2-39-15-17-40(18-16-39)28(41)19-21-7-11-24(12-8-21)36-31-34-20-26(33)29(38-31)35-23-13-9-22(10-14-23)30(42)37-27-6-4-3-5-25(27)32/h6-16,21H,17-20H2,1-5H3,(H,33,34,35);3-14,20H,2,15-19H2,1H3,(H,37,42)(H2,34,35,36,38). The Morgan fingerprint density at radius 1 is 0.690 bits per heavy atom. The number of hydrogen-bond acceptors (Lipinski definition) is 16. The van der Waals surface area contributed by atoms with Gasteiger partial charge in [0, 0.05) is 99.0 Å². The second-order valence-corrected chi connectivity index (χ2v) is 20.4. The molecule has 2 aliphatic heterocycles. The number of carbonyl (C=O) groups is 3. The van der Waals surface area contributed by atoms with Gasteiger partial charge in [-0.1, -0.05) is 61.0 Å². The van der Waals surface area contributed by atoms with E-state index in [-0.39, 0.29) is 23.6 Å². The van der Waals surface area contributed by atoms with Gasteiger partial charge in [0.05, 0.1) is 43.2 Å². The lowest BCUT2D eigenvalue weighted by Gasteiger charge is -2.34. The van der Waals surface area contributed by atoms with Gasteiger partial charge >= 0.3 is 6.09 Å². The molecule has 0 atom stereocenters. The fourth-order valence-corrected chi connectivity index (χ4v) is 9.59. The van der Waals surface area contributed by atoms with Crippen molar-refractivity contribution in [3.63, 3.8) is 0 Å². The number of aryl methyl sites for hydroxylation is 2. The minimum atomic E-state index is -0.642. The molecule has 21 heteroatoms. The third-order valence-corrected chi connectivity index (χ3v) is 14.6. The van der Waals surface area contributed by atoms with Crippen LogP contribution in [0.2, 0.25) is 5.02 Å². The molecule has 0 bridgehead atoms. The predicted octanol–water partition coefficient (Wildman–Crippen LogP) is 11.7. The van der Waals surface area contributed by atoms with Crippen LogP contribution in [0.15, 0.2) is 152 Å². The average molecular weight is 1160 g/mol. The number of nitrogens with one attached hydrogen (secondary N) is 4. The monoisotopic (exact) mass is 1160 g/mol. The van der Waals surface area contributed by atoms with Crippen LogP contribution in [0.3, 0.4) is 0 Å². The molecule has 434 valence electrons. The summed E-state index contributed by atoms with van der Waals surface area (Å²) < 4.78 is 31.5. The molecule has 0 aliphatic carbocycles. The van der Waals surface area contributed by atoms with Crippen LogP contribution in [0.4, 0.5) is 66.8 Å². The average Bonchev–Trinajstić information content (AvgIpc) is 3.65. The number of amides is 3. The van der Waals surface area contributed by atoms with E-state index in [0.717, 1.165) is 87.5 Å². The van der Waals surface area contributed by atoms with Gasteiger partial charge in [0.15, 0.2) is 11.6 Å². The van der Waals surface area contributed by atoms with E-state index in [9.17, 15) is 18.8 Å². The molecule has 4 N–H and O–H groups in total. The van der Waals surface area contributed by atoms with Gasteiger partial charge in [-0.05, 0) is 129 Å². The second kappa shape index (κ2) is 28.1. The van der Waals surface area contributed by atoms with Crippen molar-refractivity contribution >= 4 is 87.2 Å². The Hall–Kier alpha value is -9.37. The zero-order valence-corrected chi connectivity index (χ0v) is 48.5. The molecule has 2 aromatic heterocycles. The van der Waals surface area contributed by atoms with Crippen molar-refractivity contribution in [1.29, 1.82) is 0 Å². The molecular formula is C63H67ClFN13O6. The minimum absolute atomic E-state index is 0.0221. The van der Waals surface area contributed by atoms with Crippen molar-refractivity contribution in [2.75, 3.05) is 111 Å². The van der Waals surface area contributed by atoms with E-state index >= 15 is 0 Å². The van der Waals surface area contributed by atoms with Gasteiger partial charge in [0.25, 0.3) is 5.91 Å². The van der Waals surface area contributed by atoms with Crippen LogP contribution in [0, 0.1) is 19.7 Å². The quantitative estimate of drug-likeness (QED) is 0.0672. The maximum absolute atomic E-state index is 14.5. The van der Waals surface area contributed by atoms with Crippen LogP contribution in [0.25, 0.3) is 0 Å². The number of piperazine rings is 2. The second-order valence-electron chi connectivity index (χ2n) is 20.0. The molecule has 0 spiro atoms. The van der Waals surface area contributed by atoms with Crippen molar-refractivity contribution in [2.45, 2.75) is 27.2 Å². The van der Waals surface area contributed by atoms with E-state index in [2.05, 4.69) is 77.0 Å². The van der Waals surface area contributed by atoms with Crippen LogP contribution in [0.1, 0.15) is 34.0 Å². The fraction of sp³-hybridized carbons (Fsp3) is 0.254. The number of likely N-dealkylation sites (N-methyl/N-ethyl adjacent to an activating group) is 2. The number of rotatable bonds is 17. The molecular weight excluding hydrogens is 1090 g/mol. The van der Waals surface area contributed by atoms with E-state index in [1.54, 1.807) is 86.1 Å². The van der Waals surface area contributed by atoms with Gasteiger partial charge in [0.2, 0.25) is 17.8 Å². The number of aromatic nitrogens is 4. The van der Waals surface area contributed by atoms with Crippen molar-refractivity contribution in [1.82, 2.24) is 34.6 Å². The lowest BCUT2D eigenvalue weighted by Crippen LogP contribution is -2.48. The van der Waals surface area contributed by atoms with Gasteiger partial charge in [-0.2, -0.15) is 9.97 Å². The van der Waals surface area contributed by atoms with Crippen molar-refractivity contribution in [3.8, 4) is 17.2 Å². The number of carbonyl (C=O) groups excluding carboxylic acids is 3. The number of anilines is 10. The smallest absolute Gasteiger partial charge is 0.425 e. The van der Waals surface area contributed by atoms with Gasteiger partial charge in [0.1, 0.15) is 23.1 Å². The highest BCUT2D eigenvalue weighted by Gasteiger charge is 2.28. The molecule has 19 nitrogen and oxygen atoms in total. The fourth-order valence-electron chi connectivity index (χ4n) is 9.41. The van der Waals surface area contributed by atoms with E-state index < -0.39 is 11.9 Å². The molecule has 2 aliphatic rings. The zero-order chi connectivity index (χ0) is 59.1. The molecule has 0 saturated carbocycles. The van der Waals surface area contributed by atoms with Crippen molar-refractivity contribution < 1.29 is 33.0 Å². The highest BCUT2D eigenvalue weighted by molar-refractivity contribution is 6.33. The summed E-state index contributed by atoms with van der Waals surface area (Å²) in [6.45, 7) is 14.3. The van der Waals surface area contributed by atoms with Crippen LogP contribution in [-0.4, -0.2) is 133 Å². The maximum Gasteiger partial charge on any atom is 0.425 e. The van der Waals surface area contributed by atoms with E-state index in [1.807, 2.05) is 73.3 Å². The zero-order valence-electron chi connectivity index (χ0n) is 47.7. The van der Waals surface area contributed by atoms with Crippen LogP contribution >= 0.6 is 11.6 Å². The highest BCUT2D eigenvalue weighted by Crippen LogP contribution is 2.38. The number of hydrogen-bond donors (Lipinski definition) is 4. The van der Waals surface area contributed by atoms with Gasteiger partial charge in [-0.3, -0.25) is 9.59 Å². The highest BCUT2D eigenvalue weighted by atomic mass is 35.5. The van der Waals surface area contributed by atoms with Gasteiger partial charge in [-0.25, -0.2) is 24.1 Å². The SMILES string of the molecule is CCN1CCN(C(=O)Cc2ccc(Nc3ncc(F)c(Nc4ccc(C(=O)Nc5ccccc5Cl)cc4)n3)cc2)CC1.COc1ccc(N(C(=O)Oc2c(C)cccc2C)c2ccnc(Nc3ccc(N4CCN(C)CC4)cc3)n2)c(OC)c1. The summed E-state index contributed by atoms with van der Waals surface area (Å²) >= 11 is 6.12. The van der Waals surface area contributed by atoms with Crippen LogP contribution in [0.5, 0.6) is 17.2 Å². The Morgan fingerprint density at radius 2 is 1.33 bits per heavy atom. The Kier molecular flexibility index (Phi) is 19.8. The van der Waals surface area contributed by atoms with E-state index in [1.165, 1.54) is 17.7 Å². The molecule has 2 saturated heterocycles. The lowest BCUT2D eigenvalue weighted by molar-refractivity contribution is -0.132. The summed E-state index contributed by atoms with van der Waals surface area (Å²) in [6.07, 6.45) is 2.37. The minimum Gasteiger partial charge on any atom is -0.497 e. The number of nitrogens with zero attached hydrogens (tertiary/aromatic N) is 9. The van der Waals surface area contributed by atoms with Crippen LogP contribution in [-0.2, 0) is 11.2 Å². The molecule has 0 radical (unpaired) electrons. The molecule has 8 aromatic rings. The van der Waals surface area contributed by atoms with Crippen molar-refractivity contribution in [2.24, 2.45) is 0 Å². The Balaban J connectivity index is 0.000000202. The maximum atomic E-state index is 14.5. The lowest BCUT2D eigenvalue weighted by atomic mass is 10.1. The molecule has 6 aromatic carbocycles. The first-order valence-corrected chi connectivity index (χ1v) is 27.9. The number of methoxy groups -OCH3 is 2.